The summed E-state index contributed by atoms with van der Waals surface area (Å²) < 4.78 is 10.6. The van der Waals surface area contributed by atoms with Gasteiger partial charge >= 0.3 is 0 Å². The molecule has 2 amide bonds. The molecule has 2 aliphatic heterocycles. The average molecular weight is 344 g/mol. The van der Waals surface area contributed by atoms with E-state index >= 15 is 0 Å². The third kappa shape index (κ3) is 2.82. The number of amides is 2. The van der Waals surface area contributed by atoms with Crippen LogP contribution in [0, 0.1) is 5.92 Å². The minimum absolute atomic E-state index is 0.0508. The van der Waals surface area contributed by atoms with Crippen LogP contribution in [-0.4, -0.2) is 25.2 Å². The van der Waals surface area contributed by atoms with Crippen LogP contribution in [0.5, 0.6) is 11.5 Å². The van der Waals surface area contributed by atoms with Crippen LogP contribution in [0.3, 0.4) is 0 Å². The second-order valence-electron chi connectivity index (χ2n) is 5.74. The molecule has 1 N–H and O–H groups in total. The summed E-state index contributed by atoms with van der Waals surface area (Å²) in [6.07, 6.45) is 0.227. The first-order chi connectivity index (χ1) is 11.7. The molecular weight excluding hydrogens is 328 g/mol. The summed E-state index contributed by atoms with van der Waals surface area (Å²) in [6, 6.07) is 9.31. The minimum Gasteiger partial charge on any atom is -0.454 e. The molecule has 24 heavy (non-hydrogen) atoms. The Morgan fingerprint density at radius 2 is 2.17 bits per heavy atom. The van der Waals surface area contributed by atoms with Crippen LogP contribution in [-0.2, 0) is 16.1 Å². The van der Waals surface area contributed by atoms with E-state index in [0.717, 1.165) is 10.6 Å². The van der Waals surface area contributed by atoms with Crippen LogP contribution in [0.1, 0.15) is 11.3 Å². The molecule has 7 heteroatoms. The van der Waals surface area contributed by atoms with Gasteiger partial charge in [-0.25, -0.2) is 0 Å². The Labute approximate surface area is 143 Å². The Morgan fingerprint density at radius 3 is 3.00 bits per heavy atom. The van der Waals surface area contributed by atoms with Crippen molar-refractivity contribution < 1.29 is 19.1 Å². The molecule has 124 valence electrons. The number of rotatable bonds is 4. The van der Waals surface area contributed by atoms with Gasteiger partial charge in [0.2, 0.25) is 18.6 Å². The van der Waals surface area contributed by atoms with Gasteiger partial charge in [0.05, 0.1) is 12.5 Å². The first-order valence-corrected chi connectivity index (χ1v) is 8.59. The van der Waals surface area contributed by atoms with Gasteiger partial charge in [-0.05, 0) is 23.6 Å². The van der Waals surface area contributed by atoms with Crippen molar-refractivity contribution in [2.75, 3.05) is 18.2 Å². The van der Waals surface area contributed by atoms with E-state index in [2.05, 4.69) is 5.32 Å². The number of thiophene rings is 1. The molecule has 2 aromatic rings. The maximum atomic E-state index is 12.3. The van der Waals surface area contributed by atoms with E-state index in [4.69, 9.17) is 9.47 Å². The first-order valence-electron chi connectivity index (χ1n) is 7.71. The van der Waals surface area contributed by atoms with Crippen molar-refractivity contribution in [1.82, 2.24) is 5.32 Å². The summed E-state index contributed by atoms with van der Waals surface area (Å²) in [5, 5.41) is 4.88. The number of fused-ring (bicyclic) bond motifs is 1. The summed E-state index contributed by atoms with van der Waals surface area (Å²) >= 11 is 1.60. The Bertz CT molecular complexity index is 775. The first kappa shape index (κ1) is 15.0. The van der Waals surface area contributed by atoms with E-state index in [1.807, 2.05) is 23.6 Å². The fraction of sp³-hybridized carbons (Fsp3) is 0.294. The van der Waals surface area contributed by atoms with Crippen LogP contribution < -0.4 is 19.7 Å². The quantitative estimate of drug-likeness (QED) is 0.923. The molecule has 3 heterocycles. The van der Waals surface area contributed by atoms with Crippen molar-refractivity contribution in [3.05, 3.63) is 40.6 Å². The second kappa shape index (κ2) is 6.16. The molecular formula is C17H16N2O4S. The highest BCUT2D eigenvalue weighted by molar-refractivity contribution is 7.09. The molecule has 1 aromatic heterocycles. The van der Waals surface area contributed by atoms with Gasteiger partial charge in [0.1, 0.15) is 0 Å². The molecule has 0 aliphatic carbocycles. The van der Waals surface area contributed by atoms with Crippen LogP contribution in [0.25, 0.3) is 0 Å². The number of hydrogen-bond acceptors (Lipinski definition) is 5. The lowest BCUT2D eigenvalue weighted by atomic mass is 10.1. The fourth-order valence-electron chi connectivity index (χ4n) is 2.92. The number of nitrogens with one attached hydrogen (secondary N) is 1. The largest absolute Gasteiger partial charge is 0.454 e. The lowest BCUT2D eigenvalue weighted by Gasteiger charge is -2.17. The van der Waals surface area contributed by atoms with Crippen molar-refractivity contribution in [1.29, 1.82) is 0 Å². The molecule has 1 atom stereocenters. The highest BCUT2D eigenvalue weighted by atomic mass is 32.1. The van der Waals surface area contributed by atoms with Gasteiger partial charge in [0.25, 0.3) is 0 Å². The van der Waals surface area contributed by atoms with E-state index in [9.17, 15) is 9.59 Å². The van der Waals surface area contributed by atoms with Crippen LogP contribution in [0.15, 0.2) is 35.7 Å². The predicted molar refractivity (Wildman–Crippen MR) is 89.2 cm³/mol. The average Bonchev–Trinajstić information content (AvgIpc) is 3.32. The molecule has 6 nitrogen and oxygen atoms in total. The van der Waals surface area contributed by atoms with E-state index in [1.54, 1.807) is 28.4 Å². The van der Waals surface area contributed by atoms with Gasteiger partial charge in [-0.3, -0.25) is 9.59 Å². The number of hydrogen-bond donors (Lipinski definition) is 1. The standard InChI is InChI=1S/C17H16N2O4S/c20-16-6-11(17(21)18-8-13-2-1-5-24-13)9-19(16)12-3-4-14-15(7-12)23-10-22-14/h1-5,7,11H,6,8-10H2,(H,18,21)/t11-/m1/s1. The molecule has 0 radical (unpaired) electrons. The maximum Gasteiger partial charge on any atom is 0.231 e. The molecule has 0 saturated carbocycles. The molecule has 1 fully saturated rings. The summed E-state index contributed by atoms with van der Waals surface area (Å²) in [7, 11) is 0. The second-order valence-corrected chi connectivity index (χ2v) is 6.77. The van der Waals surface area contributed by atoms with E-state index in [-0.39, 0.29) is 30.9 Å². The molecule has 4 rings (SSSR count). The monoisotopic (exact) mass is 344 g/mol. The Morgan fingerprint density at radius 1 is 1.29 bits per heavy atom. The number of carbonyl (C=O) groups is 2. The highest BCUT2D eigenvalue weighted by Crippen LogP contribution is 2.37. The molecule has 0 bridgehead atoms. The fourth-order valence-corrected chi connectivity index (χ4v) is 3.56. The summed E-state index contributed by atoms with van der Waals surface area (Å²) in [5.41, 5.74) is 0.734. The van der Waals surface area contributed by atoms with Gasteiger partial charge in [0.15, 0.2) is 11.5 Å². The van der Waals surface area contributed by atoms with Gasteiger partial charge < -0.3 is 19.7 Å². The zero-order valence-electron chi connectivity index (χ0n) is 12.9. The van der Waals surface area contributed by atoms with Gasteiger partial charge in [-0.1, -0.05) is 6.07 Å². The van der Waals surface area contributed by atoms with Crippen LogP contribution in [0.2, 0.25) is 0 Å². The van der Waals surface area contributed by atoms with Gasteiger partial charge in [-0.15, -0.1) is 11.3 Å². The number of benzene rings is 1. The summed E-state index contributed by atoms with van der Waals surface area (Å²) in [4.78, 5) is 27.4. The lowest BCUT2D eigenvalue weighted by molar-refractivity contribution is -0.126. The lowest BCUT2D eigenvalue weighted by Crippen LogP contribution is -2.32. The smallest absolute Gasteiger partial charge is 0.231 e. The molecule has 1 saturated heterocycles. The zero-order valence-corrected chi connectivity index (χ0v) is 13.7. The number of anilines is 1. The van der Waals surface area contributed by atoms with E-state index in [1.165, 1.54) is 0 Å². The molecule has 0 spiro atoms. The van der Waals surface area contributed by atoms with Crippen molar-refractivity contribution in [3.63, 3.8) is 0 Å². The Balaban J connectivity index is 1.42. The zero-order chi connectivity index (χ0) is 16.5. The van der Waals surface area contributed by atoms with Crippen molar-refractivity contribution in [2.24, 2.45) is 5.92 Å². The van der Waals surface area contributed by atoms with Crippen LogP contribution >= 0.6 is 11.3 Å². The van der Waals surface area contributed by atoms with E-state index in [0.29, 0.717) is 24.6 Å². The number of carbonyl (C=O) groups excluding carboxylic acids is 2. The SMILES string of the molecule is O=C(NCc1cccs1)[C@@H]1CC(=O)N(c2ccc3c(c2)OCO3)C1. The van der Waals surface area contributed by atoms with Gasteiger partial charge in [0, 0.05) is 29.6 Å². The summed E-state index contributed by atoms with van der Waals surface area (Å²) in [5.74, 6) is 0.842. The number of ether oxygens (including phenoxy) is 2. The van der Waals surface area contributed by atoms with Gasteiger partial charge in [-0.2, -0.15) is 0 Å². The molecule has 1 aromatic carbocycles. The highest BCUT2D eigenvalue weighted by Gasteiger charge is 2.35. The van der Waals surface area contributed by atoms with Crippen molar-refractivity contribution >= 4 is 28.8 Å². The minimum atomic E-state index is -0.331. The van der Waals surface area contributed by atoms with Crippen molar-refractivity contribution in [2.45, 2.75) is 13.0 Å². The number of nitrogens with zero attached hydrogens (tertiary/aromatic N) is 1. The summed E-state index contributed by atoms with van der Waals surface area (Å²) in [6.45, 7) is 1.08. The maximum absolute atomic E-state index is 12.3. The normalized spacial score (nSPS) is 18.9. The van der Waals surface area contributed by atoms with Crippen LogP contribution in [0.4, 0.5) is 5.69 Å². The Kier molecular flexibility index (Phi) is 3.86. The molecule has 2 aliphatic rings. The molecule has 0 unspecified atom stereocenters. The third-order valence-electron chi connectivity index (χ3n) is 4.18. The predicted octanol–water partition coefficient (Wildman–Crippen LogP) is 2.15. The topological polar surface area (TPSA) is 67.9 Å². The third-order valence-corrected chi connectivity index (χ3v) is 5.06. The van der Waals surface area contributed by atoms with Crippen molar-refractivity contribution in [3.8, 4) is 11.5 Å². The Hall–Kier alpha value is -2.54. The van der Waals surface area contributed by atoms with E-state index < -0.39 is 0 Å².